The van der Waals surface area contributed by atoms with Gasteiger partial charge in [-0.25, -0.2) is 0 Å². The van der Waals surface area contributed by atoms with Crippen molar-refractivity contribution < 1.29 is 9.46 Å². The minimum atomic E-state index is -2.30. The largest absolute Gasteiger partial charge is 0.522 e. The first-order valence-electron chi connectivity index (χ1n) is 2.27. The van der Waals surface area contributed by atoms with Crippen LogP contribution in [0.2, 0.25) is 0 Å². The Morgan fingerprint density at radius 3 is 2.33 bits per heavy atom. The van der Waals surface area contributed by atoms with Gasteiger partial charge in [-0.2, -0.15) is 4.89 Å². The van der Waals surface area contributed by atoms with Gasteiger partial charge in [0.25, 0.3) is 5.66 Å². The van der Waals surface area contributed by atoms with Crippen LogP contribution in [0, 0.1) is 24.7 Å². The molecule has 0 aliphatic rings. The molecule has 0 bridgehead atoms. The molecule has 0 fully saturated rings. The molecular formula is C6H6O2P+. The number of hydrogen-bond donors (Lipinski definition) is 1. The summed E-state index contributed by atoms with van der Waals surface area (Å²) in [5.74, 6) is 4.34. The second-order valence-electron chi connectivity index (χ2n) is 1.39. The number of rotatable bonds is 2. The van der Waals surface area contributed by atoms with Crippen LogP contribution in [0.25, 0.3) is 0 Å². The van der Waals surface area contributed by atoms with Gasteiger partial charge < -0.3 is 0 Å². The summed E-state index contributed by atoms with van der Waals surface area (Å²) in [4.78, 5) is 8.41. The Morgan fingerprint density at radius 1 is 1.67 bits per heavy atom. The molecule has 46 valence electrons. The predicted octanol–water partition coefficient (Wildman–Crippen LogP) is 0.746. The van der Waals surface area contributed by atoms with Gasteiger partial charge in [0, 0.05) is 0 Å². The SMILES string of the molecule is C#CCC(C#C)[P+](=O)O. The molecule has 2 nitrogen and oxygen atoms in total. The zero-order valence-electron chi connectivity index (χ0n) is 4.74. The number of terminal acetylenes is 2. The van der Waals surface area contributed by atoms with Crippen LogP contribution in [-0.2, 0) is 4.57 Å². The topological polar surface area (TPSA) is 37.3 Å². The molecule has 2 atom stereocenters. The molecule has 9 heavy (non-hydrogen) atoms. The van der Waals surface area contributed by atoms with Crippen LogP contribution in [0.5, 0.6) is 0 Å². The van der Waals surface area contributed by atoms with E-state index in [0.29, 0.717) is 0 Å². The maximum absolute atomic E-state index is 10.2. The first-order valence-corrected chi connectivity index (χ1v) is 3.55. The Bertz CT molecular complexity index is 184. The standard InChI is InChI=1S/C6H5O2P/c1-3-5-6(4-2)9(7)8/h1-2,6H,5H2/p+1. The summed E-state index contributed by atoms with van der Waals surface area (Å²) in [6.07, 6.45) is 9.90. The van der Waals surface area contributed by atoms with Gasteiger partial charge in [0.15, 0.2) is 0 Å². The molecule has 0 amide bonds. The first-order chi connectivity index (χ1) is 4.22. The smallest absolute Gasteiger partial charge is 0.160 e. The van der Waals surface area contributed by atoms with E-state index in [1.54, 1.807) is 0 Å². The molecule has 0 rings (SSSR count). The van der Waals surface area contributed by atoms with Crippen LogP contribution in [0.3, 0.4) is 0 Å². The van der Waals surface area contributed by atoms with Crippen molar-refractivity contribution in [1.82, 2.24) is 0 Å². The van der Waals surface area contributed by atoms with Crippen LogP contribution in [0.4, 0.5) is 0 Å². The Balaban J connectivity index is 3.91. The van der Waals surface area contributed by atoms with Crippen LogP contribution >= 0.6 is 8.03 Å². The Kier molecular flexibility index (Phi) is 3.72. The van der Waals surface area contributed by atoms with Crippen molar-refractivity contribution in [1.29, 1.82) is 0 Å². The van der Waals surface area contributed by atoms with Gasteiger partial charge >= 0.3 is 8.03 Å². The normalized spacial score (nSPS) is 13.0. The fourth-order valence-electron chi connectivity index (χ4n) is 0.312. The van der Waals surface area contributed by atoms with Crippen molar-refractivity contribution in [2.24, 2.45) is 0 Å². The van der Waals surface area contributed by atoms with Crippen LogP contribution in [0.15, 0.2) is 0 Å². The van der Waals surface area contributed by atoms with E-state index >= 15 is 0 Å². The van der Waals surface area contributed by atoms with Gasteiger partial charge in [-0.05, 0) is 10.5 Å². The summed E-state index contributed by atoms with van der Waals surface area (Å²) in [5.41, 5.74) is -0.676. The van der Waals surface area contributed by atoms with E-state index in [0.717, 1.165) is 0 Å². The van der Waals surface area contributed by atoms with Crippen LogP contribution in [0.1, 0.15) is 6.42 Å². The molecule has 0 heterocycles. The van der Waals surface area contributed by atoms with Crippen molar-refractivity contribution in [3.05, 3.63) is 0 Å². The lowest BCUT2D eigenvalue weighted by atomic mass is 10.3. The minimum Gasteiger partial charge on any atom is -0.160 e. The van der Waals surface area contributed by atoms with Gasteiger partial charge in [-0.1, -0.05) is 0 Å². The molecule has 0 aliphatic heterocycles. The molecule has 0 radical (unpaired) electrons. The quantitative estimate of drug-likeness (QED) is 0.455. The summed E-state index contributed by atoms with van der Waals surface area (Å²) in [5, 5.41) is 0. The second kappa shape index (κ2) is 4.10. The van der Waals surface area contributed by atoms with Crippen molar-refractivity contribution in [3.63, 3.8) is 0 Å². The van der Waals surface area contributed by atoms with Crippen molar-refractivity contribution in [2.75, 3.05) is 0 Å². The second-order valence-corrected chi connectivity index (χ2v) is 2.62. The Labute approximate surface area is 55.1 Å². The average molecular weight is 141 g/mol. The third-order valence-corrected chi connectivity index (χ3v) is 1.64. The average Bonchev–Trinajstić information content (AvgIpc) is 1.82. The fourth-order valence-corrected chi connectivity index (χ4v) is 0.702. The van der Waals surface area contributed by atoms with Crippen molar-refractivity contribution >= 4 is 8.03 Å². The highest BCUT2D eigenvalue weighted by molar-refractivity contribution is 7.39. The molecule has 0 aromatic carbocycles. The molecule has 2 unspecified atom stereocenters. The third-order valence-electron chi connectivity index (χ3n) is 0.770. The fraction of sp³-hybridized carbons (Fsp3) is 0.333. The van der Waals surface area contributed by atoms with Gasteiger partial charge in [0.05, 0.1) is 6.42 Å². The monoisotopic (exact) mass is 141 g/mol. The first kappa shape index (κ1) is 8.18. The molecule has 0 saturated heterocycles. The minimum absolute atomic E-state index is 0.169. The highest BCUT2D eigenvalue weighted by atomic mass is 31.1. The summed E-state index contributed by atoms with van der Waals surface area (Å²) in [7, 11) is -2.30. The molecule has 0 spiro atoms. The van der Waals surface area contributed by atoms with E-state index in [-0.39, 0.29) is 6.42 Å². The van der Waals surface area contributed by atoms with Gasteiger partial charge in [0.1, 0.15) is 0 Å². The van der Waals surface area contributed by atoms with Crippen molar-refractivity contribution in [3.8, 4) is 24.7 Å². The van der Waals surface area contributed by atoms with Gasteiger partial charge in [-0.15, -0.1) is 18.8 Å². The van der Waals surface area contributed by atoms with E-state index < -0.39 is 13.7 Å². The zero-order valence-corrected chi connectivity index (χ0v) is 5.64. The molecular weight excluding hydrogens is 135 g/mol. The maximum Gasteiger partial charge on any atom is 0.522 e. The van der Waals surface area contributed by atoms with Gasteiger partial charge in [0.2, 0.25) is 0 Å². The highest BCUT2D eigenvalue weighted by Gasteiger charge is 2.24. The van der Waals surface area contributed by atoms with Gasteiger partial charge in [-0.3, -0.25) is 0 Å². The zero-order chi connectivity index (χ0) is 7.28. The van der Waals surface area contributed by atoms with E-state index in [1.807, 2.05) is 0 Å². The lowest BCUT2D eigenvalue weighted by molar-refractivity contribution is 0.497. The van der Waals surface area contributed by atoms with Crippen LogP contribution in [-0.4, -0.2) is 10.6 Å². The lowest BCUT2D eigenvalue weighted by Crippen LogP contribution is -1.94. The lowest BCUT2D eigenvalue weighted by Gasteiger charge is -1.84. The van der Waals surface area contributed by atoms with E-state index in [2.05, 4.69) is 11.8 Å². The summed E-state index contributed by atoms with van der Waals surface area (Å²) in [6, 6.07) is 0. The van der Waals surface area contributed by atoms with E-state index in [4.69, 9.17) is 17.7 Å². The Hall–Kier alpha value is -0.820. The summed E-state index contributed by atoms with van der Waals surface area (Å²) >= 11 is 0. The number of hydrogen-bond acceptors (Lipinski definition) is 1. The van der Waals surface area contributed by atoms with Crippen molar-refractivity contribution in [2.45, 2.75) is 12.1 Å². The molecule has 0 aromatic rings. The molecule has 3 heteroatoms. The highest BCUT2D eigenvalue weighted by Crippen LogP contribution is 2.23. The molecule has 1 N–H and O–H groups in total. The molecule has 0 aliphatic carbocycles. The van der Waals surface area contributed by atoms with E-state index in [1.165, 1.54) is 0 Å². The Morgan fingerprint density at radius 2 is 2.22 bits per heavy atom. The van der Waals surface area contributed by atoms with E-state index in [9.17, 15) is 4.57 Å². The van der Waals surface area contributed by atoms with Crippen LogP contribution < -0.4 is 0 Å². The molecule has 0 aromatic heterocycles. The summed E-state index contributed by atoms with van der Waals surface area (Å²) in [6.45, 7) is 0. The summed E-state index contributed by atoms with van der Waals surface area (Å²) < 4.78 is 10.2. The third kappa shape index (κ3) is 2.88. The predicted molar refractivity (Wildman–Crippen MR) is 35.9 cm³/mol. The molecule has 0 saturated carbocycles. The maximum atomic E-state index is 10.2.